The van der Waals surface area contributed by atoms with E-state index in [0.29, 0.717) is 6.54 Å². The first-order chi connectivity index (χ1) is 8.94. The van der Waals surface area contributed by atoms with Crippen molar-refractivity contribution in [2.45, 2.75) is 51.4 Å². The van der Waals surface area contributed by atoms with Crippen LogP contribution < -0.4 is 0 Å². The predicted octanol–water partition coefficient (Wildman–Crippen LogP) is 0.615. The van der Waals surface area contributed by atoms with Crippen molar-refractivity contribution in [3.8, 4) is 0 Å². The Balaban J connectivity index is 2.02. The van der Waals surface area contributed by atoms with E-state index in [1.165, 1.54) is 0 Å². The molecule has 1 N–H and O–H groups in total. The van der Waals surface area contributed by atoms with Gasteiger partial charge in [-0.05, 0) is 27.2 Å². The van der Waals surface area contributed by atoms with Gasteiger partial charge in [0.05, 0.1) is 30.1 Å². The van der Waals surface area contributed by atoms with E-state index in [2.05, 4.69) is 36.0 Å². The van der Waals surface area contributed by atoms with Crippen molar-refractivity contribution in [3.63, 3.8) is 0 Å². The summed E-state index contributed by atoms with van der Waals surface area (Å²) in [6.07, 6.45) is 3.06. The van der Waals surface area contributed by atoms with Gasteiger partial charge in [0.2, 0.25) is 0 Å². The zero-order valence-corrected chi connectivity index (χ0v) is 12.2. The number of ether oxygens (including phenoxy) is 1. The van der Waals surface area contributed by atoms with Crippen LogP contribution in [0, 0.1) is 0 Å². The average Bonchev–Trinajstić information content (AvgIpc) is 2.95. The molecule has 2 atom stereocenters. The monoisotopic (exact) mass is 268 g/mol. The number of likely N-dealkylation sites (tertiary alicyclic amines) is 1. The van der Waals surface area contributed by atoms with Gasteiger partial charge in [-0.2, -0.15) is 0 Å². The topological polar surface area (TPSA) is 63.4 Å². The zero-order valence-electron chi connectivity index (χ0n) is 12.2. The second-order valence-electron chi connectivity index (χ2n) is 6.18. The molecule has 19 heavy (non-hydrogen) atoms. The van der Waals surface area contributed by atoms with E-state index in [4.69, 9.17) is 4.74 Å². The highest BCUT2D eigenvalue weighted by atomic mass is 16.5. The van der Waals surface area contributed by atoms with Gasteiger partial charge in [0.1, 0.15) is 0 Å². The second kappa shape index (κ2) is 5.56. The molecule has 0 saturated carbocycles. The number of rotatable bonds is 4. The first kappa shape index (κ1) is 14.4. The van der Waals surface area contributed by atoms with Gasteiger partial charge in [-0.15, -0.1) is 5.10 Å². The highest BCUT2D eigenvalue weighted by molar-refractivity contribution is 4.97. The van der Waals surface area contributed by atoms with E-state index in [9.17, 15) is 5.11 Å². The molecule has 1 aromatic heterocycles. The van der Waals surface area contributed by atoms with Crippen LogP contribution in [0.25, 0.3) is 0 Å². The molecule has 1 fully saturated rings. The van der Waals surface area contributed by atoms with Crippen LogP contribution in [0.5, 0.6) is 0 Å². The standard InChI is InChI=1S/C13H24N4O2/c1-13(2,3)17-7-10(14-15-17)6-16-8-12(19-4)5-11(16)9-18/h7,11-12,18H,5-6,8-9H2,1-4H3/t11-,12-/m0/s1. The molecule has 1 aliphatic heterocycles. The molecule has 1 aromatic rings. The molecule has 0 aromatic carbocycles. The molecule has 0 amide bonds. The van der Waals surface area contributed by atoms with Gasteiger partial charge in [0.15, 0.2) is 0 Å². The third kappa shape index (κ3) is 3.32. The van der Waals surface area contributed by atoms with Crippen molar-refractivity contribution < 1.29 is 9.84 Å². The first-order valence-electron chi connectivity index (χ1n) is 6.73. The van der Waals surface area contributed by atoms with Crippen LogP contribution in [-0.2, 0) is 16.8 Å². The van der Waals surface area contributed by atoms with E-state index in [0.717, 1.165) is 18.7 Å². The minimum absolute atomic E-state index is 0.0539. The molecule has 2 rings (SSSR count). The van der Waals surface area contributed by atoms with Crippen LogP contribution in [0.3, 0.4) is 0 Å². The SMILES string of the molecule is CO[C@H]1C[C@@H](CO)N(Cc2cn(C(C)(C)C)nn2)C1. The number of methoxy groups -OCH3 is 1. The zero-order chi connectivity index (χ0) is 14.0. The molecule has 2 heterocycles. The van der Waals surface area contributed by atoms with Crippen LogP contribution in [-0.4, -0.2) is 57.4 Å². The van der Waals surface area contributed by atoms with Crippen molar-refractivity contribution in [3.05, 3.63) is 11.9 Å². The Labute approximate surface area is 114 Å². The Bertz CT molecular complexity index is 413. The Morgan fingerprint density at radius 3 is 2.74 bits per heavy atom. The predicted molar refractivity (Wildman–Crippen MR) is 71.7 cm³/mol. The summed E-state index contributed by atoms with van der Waals surface area (Å²) in [4.78, 5) is 2.21. The average molecular weight is 268 g/mol. The Hall–Kier alpha value is -0.980. The van der Waals surface area contributed by atoms with E-state index in [1.807, 2.05) is 10.9 Å². The molecule has 0 aliphatic carbocycles. The highest BCUT2D eigenvalue weighted by Crippen LogP contribution is 2.22. The lowest BCUT2D eigenvalue weighted by Gasteiger charge is -2.21. The smallest absolute Gasteiger partial charge is 0.0967 e. The van der Waals surface area contributed by atoms with Gasteiger partial charge in [0, 0.05) is 26.2 Å². The second-order valence-corrected chi connectivity index (χ2v) is 6.18. The minimum Gasteiger partial charge on any atom is -0.395 e. The first-order valence-corrected chi connectivity index (χ1v) is 6.73. The van der Waals surface area contributed by atoms with E-state index in [-0.39, 0.29) is 24.3 Å². The highest BCUT2D eigenvalue weighted by Gasteiger charge is 2.32. The van der Waals surface area contributed by atoms with Gasteiger partial charge in [0.25, 0.3) is 0 Å². The molecule has 6 heteroatoms. The Kier molecular flexibility index (Phi) is 4.23. The van der Waals surface area contributed by atoms with Crippen molar-refractivity contribution >= 4 is 0 Å². The van der Waals surface area contributed by atoms with Gasteiger partial charge < -0.3 is 9.84 Å². The summed E-state index contributed by atoms with van der Waals surface area (Å²) in [5, 5.41) is 17.8. The number of hydrogen-bond donors (Lipinski definition) is 1. The fourth-order valence-corrected chi connectivity index (χ4v) is 2.40. The summed E-state index contributed by atoms with van der Waals surface area (Å²) in [6.45, 7) is 7.99. The van der Waals surface area contributed by atoms with E-state index < -0.39 is 0 Å². The maximum absolute atomic E-state index is 9.42. The van der Waals surface area contributed by atoms with E-state index in [1.54, 1.807) is 7.11 Å². The third-order valence-electron chi connectivity index (χ3n) is 3.63. The van der Waals surface area contributed by atoms with Gasteiger partial charge in [-0.1, -0.05) is 5.21 Å². The van der Waals surface area contributed by atoms with Crippen LogP contribution >= 0.6 is 0 Å². The molecule has 6 nitrogen and oxygen atoms in total. The summed E-state index contributed by atoms with van der Waals surface area (Å²) in [5.41, 5.74) is 0.881. The lowest BCUT2D eigenvalue weighted by Crippen LogP contribution is -2.32. The molecule has 1 saturated heterocycles. The normalized spacial score (nSPS) is 25.1. The Morgan fingerprint density at radius 2 is 2.21 bits per heavy atom. The summed E-state index contributed by atoms with van der Waals surface area (Å²) in [6, 6.07) is 0.157. The molecular formula is C13H24N4O2. The summed E-state index contributed by atoms with van der Waals surface area (Å²) >= 11 is 0. The van der Waals surface area contributed by atoms with Crippen molar-refractivity contribution in [1.29, 1.82) is 0 Å². The fraction of sp³-hybridized carbons (Fsp3) is 0.846. The van der Waals surface area contributed by atoms with E-state index >= 15 is 0 Å². The largest absolute Gasteiger partial charge is 0.395 e. The van der Waals surface area contributed by atoms with Gasteiger partial charge >= 0.3 is 0 Å². The molecule has 0 spiro atoms. The van der Waals surface area contributed by atoms with Crippen LogP contribution in [0.1, 0.15) is 32.9 Å². The number of aromatic nitrogens is 3. The maximum atomic E-state index is 9.42. The summed E-state index contributed by atoms with van der Waals surface area (Å²) in [5.74, 6) is 0. The molecule has 108 valence electrons. The molecule has 1 aliphatic rings. The van der Waals surface area contributed by atoms with Crippen LogP contribution in [0.15, 0.2) is 6.20 Å². The molecule has 0 radical (unpaired) electrons. The van der Waals surface area contributed by atoms with Gasteiger partial charge in [-0.3, -0.25) is 4.90 Å². The Morgan fingerprint density at radius 1 is 1.47 bits per heavy atom. The van der Waals surface area contributed by atoms with Gasteiger partial charge in [-0.25, -0.2) is 4.68 Å². The number of hydrogen-bond acceptors (Lipinski definition) is 5. The lowest BCUT2D eigenvalue weighted by atomic mass is 10.1. The maximum Gasteiger partial charge on any atom is 0.0967 e. The molecule has 0 bridgehead atoms. The number of aliphatic hydroxyl groups excluding tert-OH is 1. The van der Waals surface area contributed by atoms with Crippen LogP contribution in [0.4, 0.5) is 0 Å². The summed E-state index contributed by atoms with van der Waals surface area (Å²) < 4.78 is 7.25. The van der Waals surface area contributed by atoms with Crippen LogP contribution in [0.2, 0.25) is 0 Å². The van der Waals surface area contributed by atoms with Crippen molar-refractivity contribution in [2.75, 3.05) is 20.3 Å². The van der Waals surface area contributed by atoms with Crippen molar-refractivity contribution in [1.82, 2.24) is 19.9 Å². The minimum atomic E-state index is -0.0539. The number of aliphatic hydroxyl groups is 1. The summed E-state index contributed by atoms with van der Waals surface area (Å²) in [7, 11) is 1.72. The molecular weight excluding hydrogens is 244 g/mol. The lowest BCUT2D eigenvalue weighted by molar-refractivity contribution is 0.107. The fourth-order valence-electron chi connectivity index (χ4n) is 2.40. The molecule has 0 unspecified atom stereocenters. The quantitative estimate of drug-likeness (QED) is 0.867. The van der Waals surface area contributed by atoms with Crippen molar-refractivity contribution in [2.24, 2.45) is 0 Å². The number of nitrogens with zero attached hydrogens (tertiary/aromatic N) is 4. The third-order valence-corrected chi connectivity index (χ3v) is 3.63.